The molecular formula is C16H15NO4S. The van der Waals surface area contributed by atoms with E-state index in [0.29, 0.717) is 5.69 Å². The van der Waals surface area contributed by atoms with Crippen molar-refractivity contribution >= 4 is 21.7 Å². The van der Waals surface area contributed by atoms with Crippen molar-refractivity contribution in [3.63, 3.8) is 0 Å². The third-order valence-electron chi connectivity index (χ3n) is 2.80. The lowest BCUT2D eigenvalue weighted by atomic mass is 10.2. The lowest BCUT2D eigenvalue weighted by Crippen LogP contribution is -2.13. The summed E-state index contributed by atoms with van der Waals surface area (Å²) in [6.45, 7) is 5.18. The van der Waals surface area contributed by atoms with Gasteiger partial charge in [-0.3, -0.25) is 4.72 Å². The first-order chi connectivity index (χ1) is 10.4. The van der Waals surface area contributed by atoms with Crippen molar-refractivity contribution in [2.75, 3.05) is 4.72 Å². The molecular weight excluding hydrogens is 302 g/mol. The lowest BCUT2D eigenvalue weighted by Gasteiger charge is -2.09. The molecule has 0 spiro atoms. The highest BCUT2D eigenvalue weighted by molar-refractivity contribution is 7.92. The number of aryl methyl sites for hydroxylation is 1. The number of hydrogen-bond acceptors (Lipinski definition) is 4. The maximum absolute atomic E-state index is 12.3. The highest BCUT2D eigenvalue weighted by Crippen LogP contribution is 2.21. The predicted octanol–water partition coefficient (Wildman–Crippen LogP) is 2.89. The second kappa shape index (κ2) is 6.44. The average Bonchev–Trinajstić information content (AvgIpc) is 2.47. The van der Waals surface area contributed by atoms with Crippen molar-refractivity contribution in [2.24, 2.45) is 0 Å². The molecule has 2 rings (SSSR count). The van der Waals surface area contributed by atoms with Crippen LogP contribution in [-0.4, -0.2) is 14.4 Å². The van der Waals surface area contributed by atoms with Crippen LogP contribution >= 0.6 is 0 Å². The van der Waals surface area contributed by atoms with Crippen LogP contribution in [0, 0.1) is 6.92 Å². The fraction of sp³-hybridized carbons (Fsp3) is 0.0625. The van der Waals surface area contributed by atoms with Crippen LogP contribution in [0.2, 0.25) is 0 Å². The summed E-state index contributed by atoms with van der Waals surface area (Å²) in [4.78, 5) is 11.3. The van der Waals surface area contributed by atoms with Gasteiger partial charge in [0.15, 0.2) is 0 Å². The van der Waals surface area contributed by atoms with Crippen LogP contribution in [0.15, 0.2) is 66.1 Å². The van der Waals surface area contributed by atoms with E-state index in [0.717, 1.165) is 11.6 Å². The molecule has 0 aliphatic carbocycles. The topological polar surface area (TPSA) is 72.5 Å². The minimum Gasteiger partial charge on any atom is -0.423 e. The Morgan fingerprint density at radius 2 is 1.86 bits per heavy atom. The van der Waals surface area contributed by atoms with Crippen LogP contribution in [0.4, 0.5) is 5.69 Å². The SMILES string of the molecule is C=CC(=O)Oc1cccc(NS(=O)(=O)c2ccc(C)cc2)c1. The molecule has 0 atom stereocenters. The number of esters is 1. The molecule has 5 nitrogen and oxygen atoms in total. The molecule has 0 aromatic heterocycles. The van der Waals surface area contributed by atoms with E-state index in [4.69, 9.17) is 4.74 Å². The first kappa shape index (κ1) is 15.8. The van der Waals surface area contributed by atoms with E-state index in [-0.39, 0.29) is 10.6 Å². The monoisotopic (exact) mass is 317 g/mol. The van der Waals surface area contributed by atoms with Crippen molar-refractivity contribution in [2.45, 2.75) is 11.8 Å². The number of hydrogen-bond donors (Lipinski definition) is 1. The van der Waals surface area contributed by atoms with Gasteiger partial charge in [0.25, 0.3) is 10.0 Å². The van der Waals surface area contributed by atoms with Gasteiger partial charge in [-0.15, -0.1) is 0 Å². The second-order valence-corrected chi connectivity index (χ2v) is 6.25. The zero-order valence-electron chi connectivity index (χ0n) is 11.9. The van der Waals surface area contributed by atoms with Crippen molar-refractivity contribution in [1.82, 2.24) is 0 Å². The summed E-state index contributed by atoms with van der Waals surface area (Å²) in [5, 5.41) is 0. The smallest absolute Gasteiger partial charge is 0.335 e. The van der Waals surface area contributed by atoms with Gasteiger partial charge in [-0.2, -0.15) is 0 Å². The molecule has 0 saturated heterocycles. The average molecular weight is 317 g/mol. The molecule has 0 unspecified atom stereocenters. The number of carbonyl (C=O) groups excluding carboxylic acids is 1. The number of sulfonamides is 1. The Bertz CT molecular complexity index is 795. The van der Waals surface area contributed by atoms with Crippen molar-refractivity contribution in [3.8, 4) is 5.75 Å². The van der Waals surface area contributed by atoms with Gasteiger partial charge in [-0.25, -0.2) is 13.2 Å². The third-order valence-corrected chi connectivity index (χ3v) is 4.20. The molecule has 0 aliphatic rings. The summed E-state index contributed by atoms with van der Waals surface area (Å²) >= 11 is 0. The number of ether oxygens (including phenoxy) is 1. The third kappa shape index (κ3) is 3.95. The summed E-state index contributed by atoms with van der Waals surface area (Å²) in [5.74, 6) is -0.382. The van der Waals surface area contributed by atoms with Gasteiger partial charge in [0.05, 0.1) is 10.6 Å². The van der Waals surface area contributed by atoms with E-state index >= 15 is 0 Å². The van der Waals surface area contributed by atoms with Crippen LogP contribution in [0.3, 0.4) is 0 Å². The summed E-state index contributed by atoms with van der Waals surface area (Å²) in [7, 11) is -3.69. The van der Waals surface area contributed by atoms with E-state index in [1.807, 2.05) is 6.92 Å². The minimum absolute atomic E-state index is 0.159. The molecule has 0 fully saturated rings. The molecule has 22 heavy (non-hydrogen) atoms. The maximum Gasteiger partial charge on any atom is 0.335 e. The number of benzene rings is 2. The quantitative estimate of drug-likeness (QED) is 0.523. The van der Waals surface area contributed by atoms with Gasteiger partial charge < -0.3 is 4.74 Å². The van der Waals surface area contributed by atoms with Gasteiger partial charge in [0, 0.05) is 12.1 Å². The zero-order valence-corrected chi connectivity index (χ0v) is 12.8. The molecule has 0 radical (unpaired) electrons. The number of nitrogens with one attached hydrogen (secondary N) is 1. The molecule has 2 aromatic rings. The lowest BCUT2D eigenvalue weighted by molar-refractivity contribution is -0.128. The Labute approximate surface area is 129 Å². The molecule has 114 valence electrons. The molecule has 6 heteroatoms. The Morgan fingerprint density at radius 3 is 2.50 bits per heavy atom. The molecule has 0 bridgehead atoms. The zero-order chi connectivity index (χ0) is 16.2. The maximum atomic E-state index is 12.3. The number of rotatable bonds is 5. The Morgan fingerprint density at radius 1 is 1.18 bits per heavy atom. The van der Waals surface area contributed by atoms with Crippen LogP contribution in [0.1, 0.15) is 5.56 Å². The van der Waals surface area contributed by atoms with Crippen molar-refractivity contribution in [3.05, 3.63) is 66.7 Å². The summed E-state index contributed by atoms with van der Waals surface area (Å²) < 4.78 is 31.9. The van der Waals surface area contributed by atoms with E-state index < -0.39 is 16.0 Å². The molecule has 1 N–H and O–H groups in total. The largest absolute Gasteiger partial charge is 0.423 e. The minimum atomic E-state index is -3.69. The van der Waals surface area contributed by atoms with E-state index in [2.05, 4.69) is 11.3 Å². The Kier molecular flexibility index (Phi) is 4.62. The first-order valence-electron chi connectivity index (χ1n) is 6.44. The molecule has 0 saturated carbocycles. The van der Waals surface area contributed by atoms with Crippen LogP contribution in [0.25, 0.3) is 0 Å². The highest BCUT2D eigenvalue weighted by Gasteiger charge is 2.14. The van der Waals surface area contributed by atoms with Crippen LogP contribution in [-0.2, 0) is 14.8 Å². The van der Waals surface area contributed by atoms with Gasteiger partial charge in [-0.1, -0.05) is 30.3 Å². The summed E-state index contributed by atoms with van der Waals surface area (Å²) in [5.41, 5.74) is 1.27. The molecule has 0 heterocycles. The molecule has 0 aliphatic heterocycles. The fourth-order valence-electron chi connectivity index (χ4n) is 1.71. The number of anilines is 1. The van der Waals surface area contributed by atoms with Crippen molar-refractivity contribution < 1.29 is 17.9 Å². The first-order valence-corrected chi connectivity index (χ1v) is 7.93. The van der Waals surface area contributed by atoms with E-state index in [9.17, 15) is 13.2 Å². The molecule has 2 aromatic carbocycles. The second-order valence-electron chi connectivity index (χ2n) is 4.57. The summed E-state index contributed by atoms with van der Waals surface area (Å²) in [6.07, 6.45) is 1.03. The Hall–Kier alpha value is -2.60. The fourth-order valence-corrected chi connectivity index (χ4v) is 2.76. The number of carbonyl (C=O) groups is 1. The standard InChI is InChI=1S/C16H15NO4S/c1-3-16(18)21-14-6-4-5-13(11-14)17-22(19,20)15-9-7-12(2)8-10-15/h3-11,17H,1H2,2H3. The highest BCUT2D eigenvalue weighted by atomic mass is 32.2. The predicted molar refractivity (Wildman–Crippen MR) is 84.3 cm³/mol. The Balaban J connectivity index is 2.22. The van der Waals surface area contributed by atoms with Crippen LogP contribution in [0.5, 0.6) is 5.75 Å². The van der Waals surface area contributed by atoms with Crippen molar-refractivity contribution in [1.29, 1.82) is 0 Å². The summed E-state index contributed by atoms with van der Waals surface area (Å²) in [6, 6.07) is 12.6. The normalized spacial score (nSPS) is 10.8. The van der Waals surface area contributed by atoms with E-state index in [1.54, 1.807) is 30.3 Å². The van der Waals surface area contributed by atoms with Gasteiger partial charge in [0.1, 0.15) is 5.75 Å². The van der Waals surface area contributed by atoms with Gasteiger partial charge >= 0.3 is 5.97 Å². The van der Waals surface area contributed by atoms with E-state index in [1.165, 1.54) is 18.2 Å². The van der Waals surface area contributed by atoms with Gasteiger partial charge in [-0.05, 0) is 31.2 Å². The van der Waals surface area contributed by atoms with Crippen LogP contribution < -0.4 is 9.46 Å². The molecule has 0 amide bonds. The van der Waals surface area contributed by atoms with Gasteiger partial charge in [0.2, 0.25) is 0 Å².